The Kier molecular flexibility index (Phi) is 2.97. The average molecular weight is 321 g/mol. The van der Waals surface area contributed by atoms with E-state index in [2.05, 4.69) is 30.9 Å². The standard InChI is InChI=1S/C12H9BrN4S/c13-7-5-8(14)11(15-6-7)18-12-16-9-3-1-2-4-10(9)17-12/h1-6H,14H2,(H,16,17). The highest BCUT2D eigenvalue weighted by Crippen LogP contribution is 2.30. The maximum atomic E-state index is 5.91. The number of benzene rings is 1. The Balaban J connectivity index is 1.96. The molecule has 0 atom stereocenters. The molecule has 0 aliphatic carbocycles. The van der Waals surface area contributed by atoms with Gasteiger partial charge in [-0.25, -0.2) is 9.97 Å². The van der Waals surface area contributed by atoms with Crippen molar-refractivity contribution in [3.63, 3.8) is 0 Å². The fourth-order valence-corrected chi connectivity index (χ4v) is 2.72. The summed E-state index contributed by atoms with van der Waals surface area (Å²) in [6.07, 6.45) is 1.72. The van der Waals surface area contributed by atoms with Crippen molar-refractivity contribution in [2.24, 2.45) is 0 Å². The second kappa shape index (κ2) is 4.62. The summed E-state index contributed by atoms with van der Waals surface area (Å²) in [5.74, 6) is 0. The number of para-hydroxylation sites is 2. The summed E-state index contributed by atoms with van der Waals surface area (Å²) in [5, 5.41) is 1.54. The normalized spacial score (nSPS) is 10.9. The van der Waals surface area contributed by atoms with Crippen LogP contribution in [-0.4, -0.2) is 15.0 Å². The molecule has 3 N–H and O–H groups in total. The van der Waals surface area contributed by atoms with Gasteiger partial charge < -0.3 is 10.7 Å². The smallest absolute Gasteiger partial charge is 0.172 e. The van der Waals surface area contributed by atoms with Crippen LogP contribution in [0.25, 0.3) is 11.0 Å². The van der Waals surface area contributed by atoms with Gasteiger partial charge >= 0.3 is 0 Å². The van der Waals surface area contributed by atoms with Crippen LogP contribution in [-0.2, 0) is 0 Å². The van der Waals surface area contributed by atoms with Crippen LogP contribution in [0.5, 0.6) is 0 Å². The Hall–Kier alpha value is -1.53. The summed E-state index contributed by atoms with van der Waals surface area (Å²) in [7, 11) is 0. The molecule has 18 heavy (non-hydrogen) atoms. The second-order valence-electron chi connectivity index (χ2n) is 3.71. The Morgan fingerprint density at radius 1 is 1.28 bits per heavy atom. The van der Waals surface area contributed by atoms with E-state index in [0.29, 0.717) is 5.69 Å². The van der Waals surface area contributed by atoms with Crippen LogP contribution in [0.4, 0.5) is 5.69 Å². The molecule has 0 radical (unpaired) electrons. The zero-order valence-corrected chi connectivity index (χ0v) is 11.6. The van der Waals surface area contributed by atoms with Gasteiger partial charge in [0.1, 0.15) is 5.03 Å². The maximum absolute atomic E-state index is 5.91. The number of rotatable bonds is 2. The van der Waals surface area contributed by atoms with E-state index in [1.807, 2.05) is 30.3 Å². The fraction of sp³-hybridized carbons (Fsp3) is 0. The summed E-state index contributed by atoms with van der Waals surface area (Å²) in [6.45, 7) is 0. The van der Waals surface area contributed by atoms with Crippen molar-refractivity contribution < 1.29 is 0 Å². The quantitative estimate of drug-likeness (QED) is 0.758. The van der Waals surface area contributed by atoms with Crippen molar-refractivity contribution in [3.8, 4) is 0 Å². The molecule has 0 aliphatic rings. The van der Waals surface area contributed by atoms with E-state index in [-0.39, 0.29) is 0 Å². The van der Waals surface area contributed by atoms with Gasteiger partial charge in [0, 0.05) is 10.7 Å². The largest absolute Gasteiger partial charge is 0.396 e. The molecule has 0 aliphatic heterocycles. The van der Waals surface area contributed by atoms with Crippen LogP contribution < -0.4 is 5.73 Å². The first-order chi connectivity index (χ1) is 8.72. The summed E-state index contributed by atoms with van der Waals surface area (Å²) in [5.41, 5.74) is 8.49. The molecular weight excluding hydrogens is 312 g/mol. The van der Waals surface area contributed by atoms with Gasteiger partial charge in [0.05, 0.1) is 16.7 Å². The first kappa shape index (κ1) is 11.6. The number of nitrogens with zero attached hydrogens (tertiary/aromatic N) is 2. The Morgan fingerprint density at radius 3 is 2.89 bits per heavy atom. The van der Waals surface area contributed by atoms with Crippen LogP contribution in [0.1, 0.15) is 0 Å². The summed E-state index contributed by atoms with van der Waals surface area (Å²) in [4.78, 5) is 12.0. The van der Waals surface area contributed by atoms with Crippen LogP contribution in [0.15, 0.2) is 51.2 Å². The number of hydrogen-bond acceptors (Lipinski definition) is 4. The van der Waals surface area contributed by atoms with Gasteiger partial charge in [0.2, 0.25) is 0 Å². The number of fused-ring (bicyclic) bond motifs is 1. The number of hydrogen-bond donors (Lipinski definition) is 2. The van der Waals surface area contributed by atoms with Gasteiger partial charge in [-0.15, -0.1) is 0 Å². The molecule has 6 heteroatoms. The van der Waals surface area contributed by atoms with Crippen molar-refractivity contribution in [3.05, 3.63) is 41.0 Å². The highest BCUT2D eigenvalue weighted by atomic mass is 79.9. The van der Waals surface area contributed by atoms with Crippen molar-refractivity contribution in [2.75, 3.05) is 5.73 Å². The van der Waals surface area contributed by atoms with Crippen molar-refractivity contribution in [1.29, 1.82) is 0 Å². The number of anilines is 1. The average Bonchev–Trinajstić information content (AvgIpc) is 2.75. The molecule has 0 bridgehead atoms. The molecular formula is C12H9BrN4S. The van der Waals surface area contributed by atoms with Gasteiger partial charge in [-0.2, -0.15) is 0 Å². The Morgan fingerprint density at radius 2 is 2.11 bits per heavy atom. The minimum atomic E-state index is 0.634. The van der Waals surface area contributed by atoms with E-state index in [4.69, 9.17) is 5.73 Å². The van der Waals surface area contributed by atoms with E-state index >= 15 is 0 Å². The van der Waals surface area contributed by atoms with E-state index in [1.165, 1.54) is 11.8 Å². The highest BCUT2D eigenvalue weighted by molar-refractivity contribution is 9.10. The number of nitrogens with one attached hydrogen (secondary N) is 1. The topological polar surface area (TPSA) is 67.6 Å². The molecule has 3 aromatic rings. The molecule has 0 saturated carbocycles. The van der Waals surface area contributed by atoms with E-state index in [9.17, 15) is 0 Å². The van der Waals surface area contributed by atoms with E-state index < -0.39 is 0 Å². The third-order valence-electron chi connectivity index (χ3n) is 2.41. The Bertz CT molecular complexity index is 677. The van der Waals surface area contributed by atoms with Gasteiger partial charge in [-0.3, -0.25) is 0 Å². The summed E-state index contributed by atoms with van der Waals surface area (Å²) in [6, 6.07) is 9.72. The van der Waals surface area contributed by atoms with E-state index in [1.54, 1.807) is 6.20 Å². The van der Waals surface area contributed by atoms with Crippen molar-refractivity contribution >= 4 is 44.4 Å². The van der Waals surface area contributed by atoms with Gasteiger partial charge in [-0.05, 0) is 45.9 Å². The van der Waals surface area contributed by atoms with Gasteiger partial charge in [-0.1, -0.05) is 12.1 Å². The van der Waals surface area contributed by atoms with Crippen molar-refractivity contribution in [1.82, 2.24) is 15.0 Å². The van der Waals surface area contributed by atoms with Crippen LogP contribution in [0.2, 0.25) is 0 Å². The molecule has 2 heterocycles. The van der Waals surface area contributed by atoms with Gasteiger partial charge in [0.25, 0.3) is 0 Å². The fourth-order valence-electron chi connectivity index (χ4n) is 1.60. The molecule has 0 unspecified atom stereocenters. The number of aromatic nitrogens is 3. The molecule has 2 aromatic heterocycles. The maximum Gasteiger partial charge on any atom is 0.172 e. The lowest BCUT2D eigenvalue weighted by Crippen LogP contribution is -1.91. The van der Waals surface area contributed by atoms with Crippen molar-refractivity contribution in [2.45, 2.75) is 10.2 Å². The number of H-pyrrole nitrogens is 1. The first-order valence-electron chi connectivity index (χ1n) is 5.26. The lowest BCUT2D eigenvalue weighted by Gasteiger charge is -2.01. The first-order valence-corrected chi connectivity index (χ1v) is 6.87. The number of halogens is 1. The van der Waals surface area contributed by atoms with Crippen LogP contribution in [0.3, 0.4) is 0 Å². The third kappa shape index (κ3) is 2.21. The number of imidazole rings is 1. The molecule has 0 fully saturated rings. The second-order valence-corrected chi connectivity index (χ2v) is 5.60. The third-order valence-corrected chi connectivity index (χ3v) is 3.76. The SMILES string of the molecule is Nc1cc(Br)cnc1Sc1nc2ccccc2[nH]1. The lowest BCUT2D eigenvalue weighted by atomic mass is 10.3. The minimum absolute atomic E-state index is 0.634. The highest BCUT2D eigenvalue weighted by Gasteiger charge is 2.08. The molecule has 4 nitrogen and oxygen atoms in total. The molecule has 3 rings (SSSR count). The number of pyridine rings is 1. The predicted octanol–water partition coefficient (Wildman–Crippen LogP) is 3.45. The van der Waals surface area contributed by atoms with E-state index in [0.717, 1.165) is 25.7 Å². The van der Waals surface area contributed by atoms with Crippen LogP contribution in [0, 0.1) is 0 Å². The van der Waals surface area contributed by atoms with Gasteiger partial charge in [0.15, 0.2) is 5.16 Å². The zero-order valence-electron chi connectivity index (χ0n) is 9.22. The number of nitrogen functional groups attached to an aromatic ring is 1. The van der Waals surface area contributed by atoms with Crippen LogP contribution >= 0.6 is 27.7 Å². The number of nitrogens with two attached hydrogens (primary N) is 1. The molecule has 0 spiro atoms. The predicted molar refractivity (Wildman–Crippen MR) is 76.6 cm³/mol. The molecule has 0 amide bonds. The molecule has 1 aromatic carbocycles. The zero-order chi connectivity index (χ0) is 12.5. The number of aromatic amines is 1. The summed E-state index contributed by atoms with van der Waals surface area (Å²) >= 11 is 4.76. The minimum Gasteiger partial charge on any atom is -0.396 e. The Labute approximate surface area is 116 Å². The summed E-state index contributed by atoms with van der Waals surface area (Å²) < 4.78 is 0.869. The molecule has 90 valence electrons. The molecule has 0 saturated heterocycles. The lowest BCUT2D eigenvalue weighted by molar-refractivity contribution is 1.06. The monoisotopic (exact) mass is 320 g/mol.